The Morgan fingerprint density at radius 3 is 2.11 bits per heavy atom. The number of carbonyl (C=O) groups excluding carboxylic acids is 1. The van der Waals surface area contributed by atoms with E-state index in [2.05, 4.69) is 0 Å². The number of ether oxygens (including phenoxy) is 4. The van der Waals surface area contributed by atoms with Crippen molar-refractivity contribution in [1.29, 1.82) is 0 Å². The summed E-state index contributed by atoms with van der Waals surface area (Å²) in [6.45, 7) is 5.95. The molecule has 5 nitrogen and oxygen atoms in total. The van der Waals surface area contributed by atoms with E-state index in [-0.39, 0.29) is 12.2 Å². The average molecular weight is 370 g/mol. The Hall–Kier alpha value is -2.21. The van der Waals surface area contributed by atoms with Crippen molar-refractivity contribution >= 4 is 5.97 Å². The van der Waals surface area contributed by atoms with Gasteiger partial charge in [-0.2, -0.15) is 0 Å². The van der Waals surface area contributed by atoms with E-state index >= 15 is 0 Å². The number of esters is 1. The lowest BCUT2D eigenvalue weighted by Gasteiger charge is -2.34. The minimum absolute atomic E-state index is 0.279. The Kier molecular flexibility index (Phi) is 6.26. The molecule has 0 radical (unpaired) electrons. The topological polar surface area (TPSA) is 54.0 Å². The highest BCUT2D eigenvalue weighted by molar-refractivity contribution is 5.66. The number of benzene rings is 2. The fourth-order valence-electron chi connectivity index (χ4n) is 3.32. The predicted octanol–water partition coefficient (Wildman–Crippen LogP) is 3.86. The Bertz CT molecular complexity index is 733. The Morgan fingerprint density at radius 1 is 1.00 bits per heavy atom. The van der Waals surface area contributed by atoms with Gasteiger partial charge in [-0.25, -0.2) is 0 Å². The van der Waals surface area contributed by atoms with Gasteiger partial charge in [0.25, 0.3) is 0 Å². The Morgan fingerprint density at radius 2 is 1.56 bits per heavy atom. The van der Waals surface area contributed by atoms with Crippen LogP contribution in [0.4, 0.5) is 0 Å². The van der Waals surface area contributed by atoms with Crippen molar-refractivity contribution in [1.82, 2.24) is 0 Å². The molecule has 1 fully saturated rings. The molecule has 2 aromatic carbocycles. The van der Waals surface area contributed by atoms with Crippen molar-refractivity contribution in [2.24, 2.45) is 0 Å². The van der Waals surface area contributed by atoms with Gasteiger partial charge in [-0.1, -0.05) is 60.7 Å². The first kappa shape index (κ1) is 19.5. The van der Waals surface area contributed by atoms with Gasteiger partial charge in [-0.15, -0.1) is 0 Å². The van der Waals surface area contributed by atoms with Crippen LogP contribution in [-0.4, -0.2) is 30.1 Å². The molecular formula is C22H26O5. The van der Waals surface area contributed by atoms with Crippen molar-refractivity contribution in [3.63, 3.8) is 0 Å². The zero-order valence-corrected chi connectivity index (χ0v) is 16.0. The molecule has 2 aromatic rings. The molecule has 5 heteroatoms. The number of carbonyl (C=O) groups is 1. The summed E-state index contributed by atoms with van der Waals surface area (Å²) in [5, 5.41) is 0. The maximum atomic E-state index is 11.6. The standard InChI is InChI=1S/C22H26O5/c1-16-20(24-14-18-10-6-4-7-11-18)22(3,21(26-16)27-17(2)23)25-15-19-12-8-5-9-13-19/h4-13,16,20-21H,14-15H2,1-3H3/t16?,20-,21?,22-/m1/s1. The molecule has 0 saturated carbocycles. The fraction of sp³-hybridized carbons (Fsp3) is 0.409. The van der Waals surface area contributed by atoms with Crippen LogP contribution in [0.5, 0.6) is 0 Å². The van der Waals surface area contributed by atoms with Gasteiger partial charge < -0.3 is 18.9 Å². The van der Waals surface area contributed by atoms with Gasteiger partial charge in [0.05, 0.1) is 19.3 Å². The number of hydrogen-bond acceptors (Lipinski definition) is 5. The van der Waals surface area contributed by atoms with Crippen molar-refractivity contribution in [2.75, 3.05) is 0 Å². The van der Waals surface area contributed by atoms with E-state index in [0.29, 0.717) is 13.2 Å². The summed E-state index contributed by atoms with van der Waals surface area (Å²) < 4.78 is 23.7. The predicted molar refractivity (Wildman–Crippen MR) is 101 cm³/mol. The maximum absolute atomic E-state index is 11.6. The first-order chi connectivity index (χ1) is 13.0. The molecule has 1 aliphatic heterocycles. The third kappa shape index (κ3) is 4.75. The normalized spacial score (nSPS) is 27.4. The van der Waals surface area contributed by atoms with Gasteiger partial charge in [0.2, 0.25) is 6.29 Å². The van der Waals surface area contributed by atoms with Crippen LogP contribution in [-0.2, 0) is 37.0 Å². The van der Waals surface area contributed by atoms with Crippen LogP contribution in [0.2, 0.25) is 0 Å². The van der Waals surface area contributed by atoms with E-state index in [1.165, 1.54) is 6.92 Å². The smallest absolute Gasteiger partial charge is 0.305 e. The lowest BCUT2D eigenvalue weighted by Crippen LogP contribution is -2.50. The number of rotatable bonds is 7. The second kappa shape index (κ2) is 8.65. The molecule has 0 amide bonds. The molecule has 0 aliphatic carbocycles. The minimum atomic E-state index is -0.921. The summed E-state index contributed by atoms with van der Waals surface area (Å²) in [6.07, 6.45) is -1.49. The summed E-state index contributed by atoms with van der Waals surface area (Å²) in [6, 6.07) is 19.8. The highest BCUT2D eigenvalue weighted by atomic mass is 16.7. The van der Waals surface area contributed by atoms with Crippen LogP contribution in [0.1, 0.15) is 31.9 Å². The summed E-state index contributed by atoms with van der Waals surface area (Å²) in [4.78, 5) is 11.6. The molecule has 1 heterocycles. The van der Waals surface area contributed by atoms with E-state index in [9.17, 15) is 4.79 Å². The molecule has 1 saturated heterocycles. The van der Waals surface area contributed by atoms with Gasteiger partial charge in [0.15, 0.2) is 5.60 Å². The highest BCUT2D eigenvalue weighted by Gasteiger charge is 2.56. The second-order valence-corrected chi connectivity index (χ2v) is 6.96. The molecular weight excluding hydrogens is 344 g/mol. The van der Waals surface area contributed by atoms with Crippen LogP contribution in [0.25, 0.3) is 0 Å². The molecule has 4 atom stereocenters. The van der Waals surface area contributed by atoms with Crippen molar-refractivity contribution in [3.05, 3.63) is 71.8 Å². The molecule has 0 aromatic heterocycles. The van der Waals surface area contributed by atoms with E-state index in [0.717, 1.165) is 11.1 Å². The first-order valence-electron chi connectivity index (χ1n) is 9.15. The second-order valence-electron chi connectivity index (χ2n) is 6.96. The zero-order chi connectivity index (χ0) is 19.3. The van der Waals surface area contributed by atoms with Crippen molar-refractivity contribution in [3.8, 4) is 0 Å². The van der Waals surface area contributed by atoms with Gasteiger partial charge in [-0.3, -0.25) is 4.79 Å². The summed E-state index contributed by atoms with van der Waals surface area (Å²) in [7, 11) is 0. The van der Waals surface area contributed by atoms with Crippen LogP contribution >= 0.6 is 0 Å². The van der Waals surface area contributed by atoms with Gasteiger partial charge in [0, 0.05) is 6.92 Å². The van der Waals surface area contributed by atoms with E-state index in [1.807, 2.05) is 74.5 Å². The SMILES string of the molecule is CC(=O)OC1OC(C)[C@@H](OCc2ccccc2)[C@@]1(C)OCc1ccccc1. The van der Waals surface area contributed by atoms with Crippen molar-refractivity contribution < 1.29 is 23.7 Å². The summed E-state index contributed by atoms with van der Waals surface area (Å²) in [5.74, 6) is -0.412. The van der Waals surface area contributed by atoms with Gasteiger partial charge in [-0.05, 0) is 25.0 Å². The van der Waals surface area contributed by atoms with Crippen LogP contribution in [0.15, 0.2) is 60.7 Å². The van der Waals surface area contributed by atoms with E-state index in [4.69, 9.17) is 18.9 Å². The Balaban J connectivity index is 1.76. The molecule has 0 bridgehead atoms. The molecule has 0 spiro atoms. The lowest BCUT2D eigenvalue weighted by atomic mass is 9.97. The number of hydrogen-bond donors (Lipinski definition) is 0. The van der Waals surface area contributed by atoms with Crippen LogP contribution in [0, 0.1) is 0 Å². The molecule has 0 N–H and O–H groups in total. The van der Waals surface area contributed by atoms with E-state index in [1.54, 1.807) is 0 Å². The van der Waals surface area contributed by atoms with Gasteiger partial charge >= 0.3 is 5.97 Å². The third-order valence-corrected chi connectivity index (χ3v) is 4.74. The molecule has 27 heavy (non-hydrogen) atoms. The van der Waals surface area contributed by atoms with Gasteiger partial charge in [0.1, 0.15) is 6.10 Å². The largest absolute Gasteiger partial charge is 0.433 e. The molecule has 1 aliphatic rings. The quantitative estimate of drug-likeness (QED) is 0.693. The average Bonchev–Trinajstić information content (AvgIpc) is 2.89. The highest BCUT2D eigenvalue weighted by Crippen LogP contribution is 2.38. The first-order valence-corrected chi connectivity index (χ1v) is 9.15. The zero-order valence-electron chi connectivity index (χ0n) is 16.0. The summed E-state index contributed by atoms with van der Waals surface area (Å²) >= 11 is 0. The molecule has 3 rings (SSSR count). The minimum Gasteiger partial charge on any atom is -0.433 e. The molecule has 144 valence electrons. The Labute approximate surface area is 160 Å². The summed E-state index contributed by atoms with van der Waals surface area (Å²) in [5.41, 5.74) is 1.17. The third-order valence-electron chi connectivity index (χ3n) is 4.74. The fourth-order valence-corrected chi connectivity index (χ4v) is 3.32. The van der Waals surface area contributed by atoms with E-state index < -0.39 is 17.9 Å². The van der Waals surface area contributed by atoms with Crippen LogP contribution in [0.3, 0.4) is 0 Å². The van der Waals surface area contributed by atoms with Crippen LogP contribution < -0.4 is 0 Å². The van der Waals surface area contributed by atoms with Crippen molar-refractivity contribution in [2.45, 2.75) is 58.1 Å². The maximum Gasteiger partial charge on any atom is 0.305 e. The monoisotopic (exact) mass is 370 g/mol. The molecule has 2 unspecified atom stereocenters. The lowest BCUT2D eigenvalue weighted by molar-refractivity contribution is -0.223.